The molecule has 0 aliphatic heterocycles. The summed E-state index contributed by atoms with van der Waals surface area (Å²) >= 11 is 3.25. The van der Waals surface area contributed by atoms with Gasteiger partial charge in [-0.1, -0.05) is 15.9 Å². The first-order chi connectivity index (χ1) is 6.60. The summed E-state index contributed by atoms with van der Waals surface area (Å²) in [4.78, 5) is 10.9. The van der Waals surface area contributed by atoms with Gasteiger partial charge in [-0.05, 0) is 24.6 Å². The third kappa shape index (κ3) is 2.07. The average Bonchev–Trinajstić information content (AvgIpc) is 2.16. The van der Waals surface area contributed by atoms with Crippen LogP contribution < -0.4 is 4.74 Å². The lowest BCUT2D eigenvalue weighted by molar-refractivity contribution is 0.0695. The number of carboxylic acid groups (broad SMARTS) is 1. The molecule has 0 bridgehead atoms. The fourth-order valence-corrected chi connectivity index (χ4v) is 1.87. The van der Waals surface area contributed by atoms with E-state index in [0.717, 1.165) is 5.56 Å². The molecule has 0 fully saturated rings. The second-order valence-corrected chi connectivity index (χ2v) is 3.49. The van der Waals surface area contributed by atoms with Gasteiger partial charge in [0.2, 0.25) is 0 Å². The minimum absolute atomic E-state index is 0.290. The summed E-state index contributed by atoms with van der Waals surface area (Å²) in [6, 6.07) is 3.46. The van der Waals surface area contributed by atoms with Crippen LogP contribution in [0.5, 0.6) is 5.75 Å². The normalized spacial score (nSPS) is 9.93. The zero-order chi connectivity index (χ0) is 10.7. The number of rotatable bonds is 3. The predicted octanol–water partition coefficient (Wildman–Crippen LogP) is 2.60. The number of carbonyl (C=O) groups is 1. The zero-order valence-electron chi connectivity index (χ0n) is 8.00. The molecule has 0 spiro atoms. The molecule has 4 heteroatoms. The van der Waals surface area contributed by atoms with Crippen LogP contribution in [0.1, 0.15) is 21.5 Å². The summed E-state index contributed by atoms with van der Waals surface area (Å²) in [6.07, 6.45) is 0. The van der Waals surface area contributed by atoms with Crippen LogP contribution in [0.15, 0.2) is 12.1 Å². The van der Waals surface area contributed by atoms with E-state index >= 15 is 0 Å². The van der Waals surface area contributed by atoms with E-state index in [0.29, 0.717) is 22.2 Å². The van der Waals surface area contributed by atoms with E-state index in [1.165, 1.54) is 7.11 Å². The molecule has 1 aromatic rings. The van der Waals surface area contributed by atoms with Crippen molar-refractivity contribution in [3.8, 4) is 5.75 Å². The van der Waals surface area contributed by atoms with Gasteiger partial charge >= 0.3 is 5.97 Å². The van der Waals surface area contributed by atoms with Crippen LogP contribution in [0, 0.1) is 6.92 Å². The van der Waals surface area contributed by atoms with E-state index in [-0.39, 0.29) is 0 Å². The van der Waals surface area contributed by atoms with Crippen molar-refractivity contribution in [2.24, 2.45) is 0 Å². The minimum atomic E-state index is -0.929. The van der Waals surface area contributed by atoms with Crippen LogP contribution in [0.4, 0.5) is 0 Å². The third-order valence-corrected chi connectivity index (χ3v) is 2.50. The topological polar surface area (TPSA) is 46.5 Å². The van der Waals surface area contributed by atoms with Gasteiger partial charge in [0.25, 0.3) is 0 Å². The summed E-state index contributed by atoms with van der Waals surface area (Å²) in [5, 5.41) is 9.44. The molecule has 1 rings (SSSR count). The lowest BCUT2D eigenvalue weighted by Crippen LogP contribution is -2.04. The molecule has 0 aliphatic rings. The monoisotopic (exact) mass is 258 g/mol. The molecule has 0 saturated carbocycles. The quantitative estimate of drug-likeness (QED) is 0.848. The van der Waals surface area contributed by atoms with Crippen LogP contribution in [0.2, 0.25) is 0 Å². The lowest BCUT2D eigenvalue weighted by Gasteiger charge is -2.10. The Hall–Kier alpha value is -1.03. The minimum Gasteiger partial charge on any atom is -0.496 e. The Morgan fingerprint density at radius 3 is 2.64 bits per heavy atom. The molecule has 0 amide bonds. The Labute approximate surface area is 90.8 Å². The van der Waals surface area contributed by atoms with Gasteiger partial charge in [0.1, 0.15) is 5.75 Å². The number of ether oxygens (including phenoxy) is 1. The van der Waals surface area contributed by atoms with Gasteiger partial charge in [0.15, 0.2) is 0 Å². The van der Waals surface area contributed by atoms with Crippen LogP contribution in [-0.4, -0.2) is 18.2 Å². The van der Waals surface area contributed by atoms with Gasteiger partial charge in [0, 0.05) is 10.9 Å². The molecule has 1 N–H and O–H groups in total. The number of halogens is 1. The van der Waals surface area contributed by atoms with Crippen LogP contribution in [0.3, 0.4) is 0 Å². The Kier molecular flexibility index (Phi) is 3.52. The van der Waals surface area contributed by atoms with E-state index in [9.17, 15) is 4.79 Å². The molecule has 0 heterocycles. The molecular formula is C10H11BrO3. The van der Waals surface area contributed by atoms with Gasteiger partial charge in [0.05, 0.1) is 12.7 Å². The van der Waals surface area contributed by atoms with Gasteiger partial charge < -0.3 is 9.84 Å². The molecule has 0 unspecified atom stereocenters. The lowest BCUT2D eigenvalue weighted by atomic mass is 10.0. The van der Waals surface area contributed by atoms with E-state index in [4.69, 9.17) is 9.84 Å². The third-order valence-electron chi connectivity index (χ3n) is 1.94. The van der Waals surface area contributed by atoms with Gasteiger partial charge in [-0.15, -0.1) is 0 Å². The maximum absolute atomic E-state index is 10.9. The second-order valence-electron chi connectivity index (χ2n) is 2.93. The van der Waals surface area contributed by atoms with E-state index in [1.807, 2.05) is 13.0 Å². The largest absolute Gasteiger partial charge is 0.496 e. The second kappa shape index (κ2) is 4.46. The summed E-state index contributed by atoms with van der Waals surface area (Å²) < 4.78 is 5.11. The molecule has 0 atom stereocenters. The van der Waals surface area contributed by atoms with Crippen molar-refractivity contribution in [1.82, 2.24) is 0 Å². The van der Waals surface area contributed by atoms with Crippen molar-refractivity contribution in [3.63, 3.8) is 0 Å². The van der Waals surface area contributed by atoms with Gasteiger partial charge in [-0.3, -0.25) is 0 Å². The molecule has 0 aliphatic carbocycles. The molecule has 14 heavy (non-hydrogen) atoms. The van der Waals surface area contributed by atoms with Crippen molar-refractivity contribution < 1.29 is 14.6 Å². The molecular weight excluding hydrogens is 248 g/mol. The smallest absolute Gasteiger partial charge is 0.336 e. The van der Waals surface area contributed by atoms with E-state index in [1.54, 1.807) is 6.07 Å². The highest BCUT2D eigenvalue weighted by atomic mass is 79.9. The van der Waals surface area contributed by atoms with E-state index in [2.05, 4.69) is 15.9 Å². The number of hydrogen-bond donors (Lipinski definition) is 1. The summed E-state index contributed by atoms with van der Waals surface area (Å²) in [7, 11) is 1.53. The molecule has 3 nitrogen and oxygen atoms in total. The molecule has 0 saturated heterocycles. The van der Waals surface area contributed by atoms with Crippen molar-refractivity contribution in [3.05, 3.63) is 28.8 Å². The molecule has 0 radical (unpaired) electrons. The van der Waals surface area contributed by atoms with Crippen molar-refractivity contribution in [1.29, 1.82) is 0 Å². The van der Waals surface area contributed by atoms with Gasteiger partial charge in [-0.2, -0.15) is 0 Å². The predicted molar refractivity (Wildman–Crippen MR) is 57.3 cm³/mol. The number of alkyl halides is 1. The highest BCUT2D eigenvalue weighted by Crippen LogP contribution is 2.26. The van der Waals surface area contributed by atoms with Crippen LogP contribution in [-0.2, 0) is 5.33 Å². The van der Waals surface area contributed by atoms with Crippen LogP contribution in [0.25, 0.3) is 0 Å². The fraction of sp³-hybridized carbons (Fsp3) is 0.300. The fourth-order valence-electron chi connectivity index (χ4n) is 1.29. The van der Waals surface area contributed by atoms with Gasteiger partial charge in [-0.25, -0.2) is 4.79 Å². The maximum atomic E-state index is 10.9. The Bertz CT molecular complexity index is 361. The average molecular weight is 259 g/mol. The van der Waals surface area contributed by atoms with Crippen molar-refractivity contribution in [2.75, 3.05) is 7.11 Å². The summed E-state index contributed by atoms with van der Waals surface area (Å²) in [5.41, 5.74) is 1.84. The molecule has 76 valence electrons. The number of methoxy groups -OCH3 is 1. The highest BCUT2D eigenvalue weighted by Gasteiger charge is 2.14. The van der Waals surface area contributed by atoms with Crippen molar-refractivity contribution >= 4 is 21.9 Å². The zero-order valence-corrected chi connectivity index (χ0v) is 9.59. The summed E-state index contributed by atoms with van der Waals surface area (Å²) in [6.45, 7) is 1.84. The Morgan fingerprint density at radius 2 is 2.21 bits per heavy atom. The molecule has 1 aromatic carbocycles. The first-order valence-corrected chi connectivity index (χ1v) is 5.19. The standard InChI is InChI=1S/C10H11BrO3/c1-6-3-7(10(12)13)8(5-11)9(4-6)14-2/h3-4H,5H2,1-2H3,(H,12,13). The number of hydrogen-bond acceptors (Lipinski definition) is 2. The number of aryl methyl sites for hydroxylation is 1. The van der Waals surface area contributed by atoms with E-state index < -0.39 is 5.97 Å². The number of aromatic carboxylic acids is 1. The number of benzene rings is 1. The Morgan fingerprint density at radius 1 is 1.57 bits per heavy atom. The Balaban J connectivity index is 3.39. The first kappa shape index (κ1) is 11.0. The number of carboxylic acids is 1. The maximum Gasteiger partial charge on any atom is 0.336 e. The van der Waals surface area contributed by atoms with Crippen LogP contribution >= 0.6 is 15.9 Å². The SMILES string of the molecule is COc1cc(C)cc(C(=O)O)c1CBr. The summed E-state index contributed by atoms with van der Waals surface area (Å²) in [5.74, 6) is -0.319. The first-order valence-electron chi connectivity index (χ1n) is 4.07. The van der Waals surface area contributed by atoms with Crippen molar-refractivity contribution in [2.45, 2.75) is 12.3 Å². The highest BCUT2D eigenvalue weighted by molar-refractivity contribution is 9.08. The molecule has 0 aromatic heterocycles.